The fourth-order valence-corrected chi connectivity index (χ4v) is 4.61. The maximum Gasteiger partial charge on any atom is 0.270 e. The molecule has 0 saturated carbocycles. The zero-order valence-electron chi connectivity index (χ0n) is 17.3. The molecule has 2 heterocycles. The summed E-state index contributed by atoms with van der Waals surface area (Å²) in [6.45, 7) is 0.246. The van der Waals surface area contributed by atoms with E-state index in [9.17, 15) is 12.8 Å². The van der Waals surface area contributed by atoms with E-state index in [1.807, 2.05) is 0 Å². The van der Waals surface area contributed by atoms with Crippen LogP contribution in [0.4, 0.5) is 10.2 Å². The van der Waals surface area contributed by atoms with E-state index in [0.717, 1.165) is 6.20 Å². The number of halogens is 1. The summed E-state index contributed by atoms with van der Waals surface area (Å²) in [6, 6.07) is 7.93. The van der Waals surface area contributed by atoms with E-state index in [1.165, 1.54) is 44.3 Å². The van der Waals surface area contributed by atoms with Crippen molar-refractivity contribution in [1.82, 2.24) is 14.9 Å². The molecule has 0 radical (unpaired) electrons. The molecule has 0 unspecified atom stereocenters. The Bertz CT molecular complexity index is 1360. The van der Waals surface area contributed by atoms with Gasteiger partial charge in [0.15, 0.2) is 22.1 Å². The second-order valence-electron chi connectivity index (χ2n) is 6.66. The van der Waals surface area contributed by atoms with Crippen LogP contribution in [0, 0.1) is 5.82 Å². The molecule has 0 fully saturated rings. The van der Waals surface area contributed by atoms with Crippen molar-refractivity contribution < 1.29 is 31.5 Å². The highest BCUT2D eigenvalue weighted by Gasteiger charge is 2.28. The van der Waals surface area contributed by atoms with Gasteiger partial charge in [0.05, 0.1) is 40.3 Å². The van der Waals surface area contributed by atoms with Crippen LogP contribution in [0.5, 0.6) is 17.2 Å². The fraction of sp³-hybridized carbons (Fsp3) is 0.200. The fourth-order valence-electron chi connectivity index (χ4n) is 3.28. The van der Waals surface area contributed by atoms with Crippen LogP contribution in [-0.4, -0.2) is 44.7 Å². The van der Waals surface area contributed by atoms with Gasteiger partial charge in [-0.3, -0.25) is 9.40 Å². The molecule has 0 aliphatic heterocycles. The number of nitrogens with one attached hydrogen (secondary N) is 1. The van der Waals surface area contributed by atoms with Crippen molar-refractivity contribution in [2.45, 2.75) is 11.4 Å². The Labute approximate surface area is 182 Å². The number of ether oxygens (including phenoxy) is 3. The Morgan fingerprint density at radius 1 is 1.09 bits per heavy atom. The van der Waals surface area contributed by atoms with Gasteiger partial charge < -0.3 is 18.7 Å². The minimum Gasteiger partial charge on any atom is -0.496 e. The van der Waals surface area contributed by atoms with E-state index < -0.39 is 15.8 Å². The standard InChI is InChI=1S/C20H19FN4O6S/c1-28-14-5-4-6-15(29-2)19(14)32(26,27)24-20-18-16(30-3)7-12(8-17(18)31-23-20)10-25-11-13(21)9-22-25/h4-9,11H,10H2,1-3H3,(H,23,24). The number of benzene rings is 2. The molecule has 0 bridgehead atoms. The number of rotatable bonds is 8. The summed E-state index contributed by atoms with van der Waals surface area (Å²) in [6.07, 6.45) is 2.35. The van der Waals surface area contributed by atoms with E-state index in [0.29, 0.717) is 16.7 Å². The van der Waals surface area contributed by atoms with Gasteiger partial charge in [-0.1, -0.05) is 11.2 Å². The highest BCUT2D eigenvalue weighted by Crippen LogP contribution is 2.38. The molecule has 4 rings (SSSR count). The maximum atomic E-state index is 13.2. The monoisotopic (exact) mass is 462 g/mol. The minimum atomic E-state index is -4.17. The Balaban J connectivity index is 1.74. The van der Waals surface area contributed by atoms with Crippen LogP contribution in [0.3, 0.4) is 0 Å². The molecular formula is C20H19FN4O6S. The van der Waals surface area contributed by atoms with Crippen molar-refractivity contribution in [3.8, 4) is 17.2 Å². The third kappa shape index (κ3) is 3.91. The molecular weight excluding hydrogens is 443 g/mol. The highest BCUT2D eigenvalue weighted by molar-refractivity contribution is 7.93. The molecule has 10 nitrogen and oxygen atoms in total. The number of fused-ring (bicyclic) bond motifs is 1. The molecule has 168 valence electrons. The first-order valence-corrected chi connectivity index (χ1v) is 10.7. The zero-order valence-corrected chi connectivity index (χ0v) is 18.1. The lowest BCUT2D eigenvalue weighted by Crippen LogP contribution is -2.15. The highest BCUT2D eigenvalue weighted by atomic mass is 32.2. The van der Waals surface area contributed by atoms with Crippen molar-refractivity contribution in [2.24, 2.45) is 0 Å². The van der Waals surface area contributed by atoms with Crippen LogP contribution >= 0.6 is 0 Å². The molecule has 0 saturated heterocycles. The molecule has 0 spiro atoms. The first-order chi connectivity index (χ1) is 15.4. The van der Waals surface area contributed by atoms with Crippen LogP contribution < -0.4 is 18.9 Å². The summed E-state index contributed by atoms with van der Waals surface area (Å²) in [7, 11) is -0.0308. The quantitative estimate of drug-likeness (QED) is 0.425. The van der Waals surface area contributed by atoms with Crippen molar-refractivity contribution in [3.05, 3.63) is 54.1 Å². The molecule has 32 heavy (non-hydrogen) atoms. The van der Waals surface area contributed by atoms with Gasteiger partial charge >= 0.3 is 0 Å². The summed E-state index contributed by atoms with van der Waals surface area (Å²) in [4.78, 5) is -0.183. The van der Waals surface area contributed by atoms with Gasteiger partial charge in [0.2, 0.25) is 0 Å². The lowest BCUT2D eigenvalue weighted by molar-refractivity contribution is 0.373. The number of hydrogen-bond acceptors (Lipinski definition) is 8. The Hall–Kier alpha value is -3.80. The third-order valence-corrected chi connectivity index (χ3v) is 6.05. The van der Waals surface area contributed by atoms with E-state index >= 15 is 0 Å². The Morgan fingerprint density at radius 3 is 2.38 bits per heavy atom. The molecule has 2 aromatic carbocycles. The van der Waals surface area contributed by atoms with E-state index in [4.69, 9.17) is 18.7 Å². The largest absolute Gasteiger partial charge is 0.496 e. The molecule has 0 atom stereocenters. The second-order valence-corrected chi connectivity index (χ2v) is 8.27. The first-order valence-electron chi connectivity index (χ1n) is 9.24. The molecule has 0 aliphatic rings. The van der Waals surface area contributed by atoms with Crippen LogP contribution in [-0.2, 0) is 16.6 Å². The molecule has 0 amide bonds. The van der Waals surface area contributed by atoms with E-state index in [1.54, 1.807) is 18.2 Å². The first kappa shape index (κ1) is 21.4. The van der Waals surface area contributed by atoms with Crippen LogP contribution in [0.2, 0.25) is 0 Å². The van der Waals surface area contributed by atoms with Gasteiger partial charge in [-0.25, -0.2) is 12.8 Å². The Kier molecular flexibility index (Phi) is 5.61. The van der Waals surface area contributed by atoms with Crippen molar-refractivity contribution in [2.75, 3.05) is 26.1 Å². The van der Waals surface area contributed by atoms with Gasteiger partial charge in [0, 0.05) is 0 Å². The third-order valence-electron chi connectivity index (χ3n) is 4.65. The summed E-state index contributed by atoms with van der Waals surface area (Å²) in [5, 5.41) is 8.09. The van der Waals surface area contributed by atoms with Crippen LogP contribution in [0.15, 0.2) is 52.1 Å². The topological polar surface area (TPSA) is 118 Å². The smallest absolute Gasteiger partial charge is 0.270 e. The molecule has 1 N–H and O–H groups in total. The van der Waals surface area contributed by atoms with E-state index in [-0.39, 0.29) is 34.3 Å². The van der Waals surface area contributed by atoms with Crippen LogP contribution in [0.25, 0.3) is 11.0 Å². The minimum absolute atomic E-state index is 0.0681. The van der Waals surface area contributed by atoms with Crippen molar-refractivity contribution in [1.29, 1.82) is 0 Å². The summed E-state index contributed by atoms with van der Waals surface area (Å²) >= 11 is 0. The molecule has 12 heteroatoms. The summed E-state index contributed by atoms with van der Waals surface area (Å²) < 4.78 is 64.6. The number of anilines is 1. The van der Waals surface area contributed by atoms with Gasteiger partial charge in [-0.2, -0.15) is 5.10 Å². The molecule has 2 aromatic heterocycles. The molecule has 4 aromatic rings. The van der Waals surface area contributed by atoms with Gasteiger partial charge in [0.25, 0.3) is 10.0 Å². The lowest BCUT2D eigenvalue weighted by atomic mass is 10.1. The number of sulfonamides is 1. The number of hydrogen-bond donors (Lipinski definition) is 1. The summed E-state index contributed by atoms with van der Waals surface area (Å²) in [5.41, 5.74) is 0.964. The van der Waals surface area contributed by atoms with Gasteiger partial charge in [-0.15, -0.1) is 0 Å². The predicted octanol–water partition coefficient (Wildman–Crippen LogP) is 3.04. The molecule has 0 aliphatic carbocycles. The SMILES string of the molecule is COc1cccc(OC)c1S(=O)(=O)Nc1noc2cc(Cn3cc(F)cn3)cc(OC)c12. The zero-order chi connectivity index (χ0) is 22.9. The average molecular weight is 462 g/mol. The number of methoxy groups -OCH3 is 3. The maximum absolute atomic E-state index is 13.2. The average Bonchev–Trinajstić information content (AvgIpc) is 3.37. The van der Waals surface area contributed by atoms with Crippen molar-refractivity contribution >= 4 is 26.8 Å². The lowest BCUT2D eigenvalue weighted by Gasteiger charge is -2.14. The van der Waals surface area contributed by atoms with Gasteiger partial charge in [0.1, 0.15) is 22.6 Å². The predicted molar refractivity (Wildman–Crippen MR) is 112 cm³/mol. The normalized spacial score (nSPS) is 11.5. The van der Waals surface area contributed by atoms with Gasteiger partial charge in [-0.05, 0) is 29.8 Å². The van der Waals surface area contributed by atoms with E-state index in [2.05, 4.69) is 15.0 Å². The Morgan fingerprint density at radius 2 is 1.78 bits per heavy atom. The summed E-state index contributed by atoms with van der Waals surface area (Å²) in [5.74, 6) is -0.00514. The number of aromatic nitrogens is 3. The van der Waals surface area contributed by atoms with Crippen LogP contribution in [0.1, 0.15) is 5.56 Å². The van der Waals surface area contributed by atoms with Crippen molar-refractivity contribution in [3.63, 3.8) is 0 Å². The number of nitrogens with zero attached hydrogens (tertiary/aromatic N) is 3. The second kappa shape index (κ2) is 8.38.